The Morgan fingerprint density at radius 1 is 1.24 bits per heavy atom. The number of benzene rings is 1. The van der Waals surface area contributed by atoms with Gasteiger partial charge >= 0.3 is 0 Å². The summed E-state index contributed by atoms with van der Waals surface area (Å²) in [5, 5.41) is 0.807. The molecule has 0 radical (unpaired) electrons. The maximum atomic E-state index is 6.08. The fourth-order valence-corrected chi connectivity index (χ4v) is 3.55. The smallest absolute Gasteiger partial charge is 0.100 e. The lowest BCUT2D eigenvalue weighted by molar-refractivity contribution is 0.173. The molecule has 1 spiro atoms. The molecular weight excluding hydrogens is 232 g/mol. The predicted molar refractivity (Wildman–Crippen MR) is 70.4 cm³/mol. The average Bonchev–Trinajstić information content (AvgIpc) is 2.88. The van der Waals surface area contributed by atoms with Gasteiger partial charge in [0.1, 0.15) is 5.60 Å². The highest BCUT2D eigenvalue weighted by Crippen LogP contribution is 2.61. The van der Waals surface area contributed by atoms with Gasteiger partial charge in [0.15, 0.2) is 0 Å². The molecule has 1 aliphatic carbocycles. The molecule has 2 heteroatoms. The molecule has 17 heavy (non-hydrogen) atoms. The quantitative estimate of drug-likeness (QED) is 0.716. The maximum Gasteiger partial charge on any atom is 0.100 e. The third kappa shape index (κ3) is 1.80. The monoisotopic (exact) mass is 250 g/mol. The Morgan fingerprint density at radius 2 is 1.94 bits per heavy atom. The minimum atomic E-state index is 0.173. The van der Waals surface area contributed by atoms with Crippen molar-refractivity contribution < 1.29 is 4.74 Å². The standard InChI is InChI=1S/C15H19ClO/c1-14(2)8-3-9-15(14)13(17-15)10-11-4-6-12(16)7-5-11/h4-7,13H,3,8-10H2,1-2H3. The van der Waals surface area contributed by atoms with Crippen molar-refractivity contribution in [2.75, 3.05) is 0 Å². The van der Waals surface area contributed by atoms with E-state index in [1.54, 1.807) is 0 Å². The molecule has 3 rings (SSSR count). The normalized spacial score (nSPS) is 34.2. The summed E-state index contributed by atoms with van der Waals surface area (Å²) in [6.07, 6.45) is 5.29. The Labute approximate surface area is 108 Å². The maximum absolute atomic E-state index is 6.08. The van der Waals surface area contributed by atoms with E-state index in [-0.39, 0.29) is 5.60 Å². The van der Waals surface area contributed by atoms with Crippen LogP contribution in [0.5, 0.6) is 0 Å². The lowest BCUT2D eigenvalue weighted by atomic mass is 9.78. The van der Waals surface area contributed by atoms with Crippen LogP contribution in [0.3, 0.4) is 0 Å². The van der Waals surface area contributed by atoms with Crippen molar-refractivity contribution in [2.45, 2.75) is 51.2 Å². The fourth-order valence-electron chi connectivity index (χ4n) is 3.42. The second-order valence-electron chi connectivity index (χ2n) is 6.06. The van der Waals surface area contributed by atoms with E-state index in [0.717, 1.165) is 11.4 Å². The van der Waals surface area contributed by atoms with Gasteiger partial charge in [-0.1, -0.05) is 37.6 Å². The molecule has 2 fully saturated rings. The van der Waals surface area contributed by atoms with Gasteiger partial charge in [0.05, 0.1) is 6.10 Å². The summed E-state index contributed by atoms with van der Waals surface area (Å²) in [5.74, 6) is 0. The molecule has 1 saturated carbocycles. The van der Waals surface area contributed by atoms with Crippen molar-refractivity contribution in [3.63, 3.8) is 0 Å². The van der Waals surface area contributed by atoms with E-state index in [1.165, 1.54) is 24.8 Å². The number of hydrogen-bond donors (Lipinski definition) is 0. The molecule has 1 heterocycles. The van der Waals surface area contributed by atoms with Crippen LogP contribution in [0.1, 0.15) is 38.7 Å². The van der Waals surface area contributed by atoms with E-state index in [0.29, 0.717) is 11.5 Å². The minimum Gasteiger partial charge on any atom is -0.365 e. The molecule has 2 unspecified atom stereocenters. The lowest BCUT2D eigenvalue weighted by Gasteiger charge is -2.24. The number of halogens is 1. The molecule has 1 saturated heterocycles. The van der Waals surface area contributed by atoms with Crippen molar-refractivity contribution in [2.24, 2.45) is 5.41 Å². The van der Waals surface area contributed by atoms with E-state index < -0.39 is 0 Å². The van der Waals surface area contributed by atoms with Gasteiger partial charge in [-0.15, -0.1) is 0 Å². The van der Waals surface area contributed by atoms with Crippen LogP contribution in [0.15, 0.2) is 24.3 Å². The summed E-state index contributed by atoms with van der Waals surface area (Å²) in [6.45, 7) is 4.70. The predicted octanol–water partition coefficient (Wildman–Crippen LogP) is 4.23. The Hall–Kier alpha value is -0.530. The summed E-state index contributed by atoms with van der Waals surface area (Å²) in [4.78, 5) is 0. The van der Waals surface area contributed by atoms with Crippen LogP contribution in [0.25, 0.3) is 0 Å². The van der Waals surface area contributed by atoms with Crippen LogP contribution in [-0.2, 0) is 11.2 Å². The first-order chi connectivity index (χ1) is 8.03. The number of ether oxygens (including phenoxy) is 1. The average molecular weight is 251 g/mol. The van der Waals surface area contributed by atoms with Crippen LogP contribution in [0.4, 0.5) is 0 Å². The van der Waals surface area contributed by atoms with Crippen molar-refractivity contribution in [3.8, 4) is 0 Å². The molecule has 1 nitrogen and oxygen atoms in total. The van der Waals surface area contributed by atoms with Gasteiger partial charge < -0.3 is 4.74 Å². The van der Waals surface area contributed by atoms with E-state index in [2.05, 4.69) is 26.0 Å². The third-order valence-corrected chi connectivity index (χ3v) is 4.90. The zero-order valence-electron chi connectivity index (χ0n) is 10.5. The molecule has 0 amide bonds. The molecular formula is C15H19ClO. The van der Waals surface area contributed by atoms with Crippen LogP contribution in [0, 0.1) is 5.41 Å². The fraction of sp³-hybridized carbons (Fsp3) is 0.600. The Bertz CT molecular complexity index is 423. The van der Waals surface area contributed by atoms with Gasteiger partial charge in [0.2, 0.25) is 0 Å². The minimum absolute atomic E-state index is 0.173. The van der Waals surface area contributed by atoms with Crippen molar-refractivity contribution in [1.29, 1.82) is 0 Å². The summed E-state index contributed by atoms with van der Waals surface area (Å²) in [7, 11) is 0. The Morgan fingerprint density at radius 3 is 2.53 bits per heavy atom. The second kappa shape index (κ2) is 3.73. The highest BCUT2D eigenvalue weighted by atomic mass is 35.5. The highest BCUT2D eigenvalue weighted by Gasteiger charge is 2.66. The van der Waals surface area contributed by atoms with Gasteiger partial charge in [0, 0.05) is 11.4 Å². The van der Waals surface area contributed by atoms with Crippen molar-refractivity contribution in [1.82, 2.24) is 0 Å². The first-order valence-electron chi connectivity index (χ1n) is 6.46. The van der Waals surface area contributed by atoms with E-state index >= 15 is 0 Å². The summed E-state index contributed by atoms with van der Waals surface area (Å²) < 4.78 is 6.08. The van der Waals surface area contributed by atoms with Crippen LogP contribution in [0.2, 0.25) is 5.02 Å². The summed E-state index contributed by atoms with van der Waals surface area (Å²) in [6, 6.07) is 8.15. The van der Waals surface area contributed by atoms with Gasteiger partial charge in [0.25, 0.3) is 0 Å². The molecule has 0 aromatic heterocycles. The van der Waals surface area contributed by atoms with Crippen molar-refractivity contribution in [3.05, 3.63) is 34.9 Å². The van der Waals surface area contributed by atoms with E-state index in [4.69, 9.17) is 16.3 Å². The zero-order valence-corrected chi connectivity index (χ0v) is 11.3. The first kappa shape index (κ1) is 11.6. The molecule has 1 aliphatic heterocycles. The first-order valence-corrected chi connectivity index (χ1v) is 6.84. The Balaban J connectivity index is 1.71. The van der Waals surface area contributed by atoms with Gasteiger partial charge in [-0.3, -0.25) is 0 Å². The lowest BCUT2D eigenvalue weighted by Crippen LogP contribution is -2.29. The summed E-state index contributed by atoms with van der Waals surface area (Å²) >= 11 is 5.90. The summed E-state index contributed by atoms with van der Waals surface area (Å²) in [5.41, 5.74) is 1.86. The third-order valence-electron chi connectivity index (χ3n) is 4.65. The van der Waals surface area contributed by atoms with Gasteiger partial charge in [-0.2, -0.15) is 0 Å². The van der Waals surface area contributed by atoms with Crippen molar-refractivity contribution >= 4 is 11.6 Å². The zero-order chi connectivity index (χ0) is 12.1. The molecule has 2 atom stereocenters. The molecule has 0 bridgehead atoms. The molecule has 1 aromatic carbocycles. The number of epoxide rings is 1. The molecule has 0 N–H and O–H groups in total. The van der Waals surface area contributed by atoms with Gasteiger partial charge in [-0.05, 0) is 42.4 Å². The van der Waals surface area contributed by atoms with E-state index in [9.17, 15) is 0 Å². The number of rotatable bonds is 2. The molecule has 2 aliphatic rings. The van der Waals surface area contributed by atoms with Crippen LogP contribution >= 0.6 is 11.6 Å². The molecule has 1 aromatic rings. The topological polar surface area (TPSA) is 12.5 Å². The molecule has 92 valence electrons. The SMILES string of the molecule is CC1(C)CCCC12OC2Cc1ccc(Cl)cc1. The second-order valence-corrected chi connectivity index (χ2v) is 6.50. The van der Waals surface area contributed by atoms with Gasteiger partial charge in [-0.25, -0.2) is 0 Å². The van der Waals surface area contributed by atoms with Crippen LogP contribution in [-0.4, -0.2) is 11.7 Å². The van der Waals surface area contributed by atoms with E-state index in [1.807, 2.05) is 12.1 Å². The largest absolute Gasteiger partial charge is 0.365 e. The number of hydrogen-bond acceptors (Lipinski definition) is 1. The van der Waals surface area contributed by atoms with Crippen LogP contribution < -0.4 is 0 Å². The highest BCUT2D eigenvalue weighted by molar-refractivity contribution is 6.30. The Kier molecular flexibility index (Phi) is 2.53.